The van der Waals surface area contributed by atoms with Crippen molar-refractivity contribution in [1.29, 1.82) is 0 Å². The number of hydrogen-bond acceptors (Lipinski definition) is 7. The molecule has 0 aromatic rings. The summed E-state index contributed by atoms with van der Waals surface area (Å²) in [7, 11) is 1.21. The van der Waals surface area contributed by atoms with Gasteiger partial charge in [-0.3, -0.25) is 14.2 Å². The molecule has 0 aromatic heterocycles. The zero-order chi connectivity index (χ0) is 54.3. The molecule has 0 aliphatic heterocycles. The van der Waals surface area contributed by atoms with Gasteiger partial charge in [-0.05, 0) is 31.8 Å². The van der Waals surface area contributed by atoms with E-state index in [0.29, 0.717) is 17.4 Å². The summed E-state index contributed by atoms with van der Waals surface area (Å²) >= 11 is 0. The Morgan fingerprint density at radius 3 is 1.11 bits per heavy atom. The number of nitrogens with one attached hydrogen (secondary N) is 1. The van der Waals surface area contributed by atoms with E-state index in [4.69, 9.17) is 13.8 Å². The zero-order valence-corrected chi connectivity index (χ0v) is 51.2. The highest BCUT2D eigenvalue weighted by Crippen LogP contribution is 2.38. The highest BCUT2D eigenvalue weighted by atomic mass is 31.2. The Morgan fingerprint density at radius 2 is 0.770 bits per heavy atom. The maximum atomic E-state index is 13.5. The van der Waals surface area contributed by atoms with Crippen LogP contribution >= 0.6 is 7.82 Å². The van der Waals surface area contributed by atoms with Crippen molar-refractivity contribution in [3.8, 4) is 0 Å². The summed E-state index contributed by atoms with van der Waals surface area (Å²) in [5, 5.41) is 3.04. The first-order valence-electron chi connectivity index (χ1n) is 32.5. The Bertz CT molecular complexity index is 1270. The van der Waals surface area contributed by atoms with Gasteiger partial charge in [0.1, 0.15) is 19.3 Å². The molecule has 0 saturated carbocycles. The van der Waals surface area contributed by atoms with Crippen LogP contribution in [0.3, 0.4) is 0 Å². The Morgan fingerprint density at radius 1 is 0.459 bits per heavy atom. The van der Waals surface area contributed by atoms with Gasteiger partial charge in [0.05, 0.1) is 33.8 Å². The number of hydrogen-bond donors (Lipinski definition) is 1. The van der Waals surface area contributed by atoms with Crippen LogP contribution in [-0.2, 0) is 27.9 Å². The number of carbonyl (C=O) groups is 2. The molecule has 9 nitrogen and oxygen atoms in total. The molecule has 0 fully saturated rings. The van der Waals surface area contributed by atoms with E-state index >= 15 is 0 Å². The van der Waals surface area contributed by atoms with Crippen LogP contribution in [0.4, 0.5) is 0 Å². The van der Waals surface area contributed by atoms with Crippen molar-refractivity contribution in [3.05, 3.63) is 12.2 Å². The predicted octanol–water partition coefficient (Wildman–Crippen LogP) is 19.3. The van der Waals surface area contributed by atoms with Crippen molar-refractivity contribution in [3.63, 3.8) is 0 Å². The van der Waals surface area contributed by atoms with Gasteiger partial charge in [0.2, 0.25) is 5.91 Å². The molecule has 0 saturated heterocycles. The van der Waals surface area contributed by atoms with E-state index in [1.807, 2.05) is 33.3 Å². The summed E-state index contributed by atoms with van der Waals surface area (Å²) in [5.41, 5.74) is 0. The van der Waals surface area contributed by atoms with E-state index in [0.717, 1.165) is 57.8 Å². The Labute approximate surface area is 461 Å². The highest BCUT2D eigenvalue weighted by Gasteiger charge is 2.27. The minimum Gasteiger partial charge on any atom is -0.756 e. The van der Waals surface area contributed by atoms with Crippen molar-refractivity contribution >= 4 is 19.7 Å². The SMILES string of the molecule is CCCCCCCCCCCC/C=C\C(OC(=O)CCCCCCCCCCCCCCCCCCCCCCCCC)C(COP(=O)([O-])OCC[N+](C)(C)C)NC(=O)CCCCCCCCCCCCCCC. The highest BCUT2D eigenvalue weighted by molar-refractivity contribution is 7.45. The molecular weight excluding hydrogens is 940 g/mol. The monoisotopic (exact) mass is 1070 g/mol. The van der Waals surface area contributed by atoms with Crippen LogP contribution in [0.25, 0.3) is 0 Å². The van der Waals surface area contributed by atoms with Crippen LogP contribution in [0.5, 0.6) is 0 Å². The predicted molar refractivity (Wildman–Crippen MR) is 317 cm³/mol. The molecule has 440 valence electrons. The van der Waals surface area contributed by atoms with Crippen molar-refractivity contribution in [2.75, 3.05) is 40.9 Å². The van der Waals surface area contributed by atoms with Crippen molar-refractivity contribution in [2.24, 2.45) is 0 Å². The number of quaternary nitrogens is 1. The van der Waals surface area contributed by atoms with Crippen molar-refractivity contribution in [2.45, 2.75) is 348 Å². The van der Waals surface area contributed by atoms with Crippen LogP contribution in [-0.4, -0.2) is 69.4 Å². The number of nitrogens with zero attached hydrogens (tertiary/aromatic N) is 1. The van der Waals surface area contributed by atoms with E-state index in [9.17, 15) is 19.0 Å². The van der Waals surface area contributed by atoms with Gasteiger partial charge >= 0.3 is 5.97 Å². The van der Waals surface area contributed by atoms with Gasteiger partial charge in [0.25, 0.3) is 7.82 Å². The van der Waals surface area contributed by atoms with Crippen LogP contribution in [0.15, 0.2) is 12.2 Å². The van der Waals surface area contributed by atoms with E-state index in [2.05, 4.69) is 26.1 Å². The molecule has 3 atom stereocenters. The minimum atomic E-state index is -4.69. The number of likely N-dealkylation sites (N-methyl/N-ethyl adjacent to an activating group) is 1. The molecule has 0 aliphatic rings. The molecule has 0 aromatic carbocycles. The van der Waals surface area contributed by atoms with Crippen molar-refractivity contribution in [1.82, 2.24) is 5.32 Å². The first-order chi connectivity index (χ1) is 35.9. The second kappa shape index (κ2) is 55.1. The number of phosphoric ester groups is 1. The standard InChI is InChI=1S/C64H127N2O7P/c1-7-10-13-16-19-22-25-28-29-30-31-32-33-34-35-36-37-39-42-45-48-51-54-57-64(68)73-62(55-52-49-46-43-40-27-24-21-18-15-12-9-3)61(60-72-74(69,70)71-59-58-66(4,5)6)65-63(67)56-53-50-47-44-41-38-26-23-20-17-14-11-8-2/h52,55,61-62H,7-51,53-54,56-60H2,1-6H3,(H-,65,67,69,70)/b55-52-. The number of allylic oxidation sites excluding steroid dienone is 1. The summed E-state index contributed by atoms with van der Waals surface area (Å²) in [5.74, 6) is -0.519. The Hall–Kier alpha value is -1.25. The van der Waals surface area contributed by atoms with E-state index in [-0.39, 0.29) is 31.5 Å². The van der Waals surface area contributed by atoms with E-state index in [1.165, 1.54) is 244 Å². The third-order valence-corrected chi connectivity index (χ3v) is 15.9. The largest absolute Gasteiger partial charge is 0.756 e. The third kappa shape index (κ3) is 55.5. The lowest BCUT2D eigenvalue weighted by molar-refractivity contribution is -0.870. The van der Waals surface area contributed by atoms with Gasteiger partial charge in [0.15, 0.2) is 0 Å². The number of esters is 1. The summed E-state index contributed by atoms with van der Waals surface area (Å²) < 4.78 is 30.3. The maximum Gasteiger partial charge on any atom is 0.306 e. The normalized spacial score (nSPS) is 13.7. The second-order valence-electron chi connectivity index (χ2n) is 23.6. The van der Waals surface area contributed by atoms with Gasteiger partial charge < -0.3 is 28.5 Å². The average Bonchev–Trinajstić information content (AvgIpc) is 3.36. The van der Waals surface area contributed by atoms with Gasteiger partial charge in [-0.15, -0.1) is 0 Å². The fourth-order valence-electron chi connectivity index (χ4n) is 9.94. The summed E-state index contributed by atoms with van der Waals surface area (Å²) in [6, 6.07) is -0.879. The molecule has 3 unspecified atom stereocenters. The molecule has 0 heterocycles. The molecule has 0 aliphatic carbocycles. The fraction of sp³-hybridized carbons (Fsp3) is 0.938. The van der Waals surface area contributed by atoms with Gasteiger partial charge in [-0.2, -0.15) is 0 Å². The summed E-state index contributed by atoms with van der Waals surface area (Å²) in [6.07, 6.45) is 63.3. The lowest BCUT2D eigenvalue weighted by Crippen LogP contribution is -2.47. The maximum absolute atomic E-state index is 13.5. The van der Waals surface area contributed by atoms with Crippen LogP contribution < -0.4 is 10.2 Å². The second-order valence-corrected chi connectivity index (χ2v) is 25.0. The molecular formula is C64H127N2O7P. The molecule has 0 rings (SSSR count). The average molecular weight is 1070 g/mol. The van der Waals surface area contributed by atoms with Crippen LogP contribution in [0.1, 0.15) is 335 Å². The molecule has 0 spiro atoms. The van der Waals surface area contributed by atoms with Crippen LogP contribution in [0.2, 0.25) is 0 Å². The van der Waals surface area contributed by atoms with Crippen molar-refractivity contribution < 1.29 is 37.3 Å². The number of carbonyl (C=O) groups excluding carboxylic acids is 2. The summed E-state index contributed by atoms with van der Waals surface area (Å²) in [6.45, 7) is 6.90. The van der Waals surface area contributed by atoms with Gasteiger partial charge in [-0.25, -0.2) is 0 Å². The topological polar surface area (TPSA) is 114 Å². The molecule has 10 heteroatoms. The smallest absolute Gasteiger partial charge is 0.306 e. The molecule has 0 radical (unpaired) electrons. The van der Waals surface area contributed by atoms with E-state index in [1.54, 1.807) is 0 Å². The molecule has 74 heavy (non-hydrogen) atoms. The molecule has 1 amide bonds. The molecule has 1 N–H and O–H groups in total. The summed E-state index contributed by atoms with van der Waals surface area (Å²) in [4.78, 5) is 40.0. The number of ether oxygens (including phenoxy) is 1. The number of rotatable bonds is 60. The van der Waals surface area contributed by atoms with Gasteiger partial charge in [0, 0.05) is 12.8 Å². The fourth-order valence-corrected chi connectivity index (χ4v) is 10.7. The number of amides is 1. The lowest BCUT2D eigenvalue weighted by atomic mass is 10.0. The van der Waals surface area contributed by atoms with Gasteiger partial charge in [-0.1, -0.05) is 303 Å². The number of phosphoric acid groups is 1. The Balaban J connectivity index is 5.07. The first kappa shape index (κ1) is 72.8. The van der Waals surface area contributed by atoms with Crippen LogP contribution in [0, 0.1) is 0 Å². The molecule has 0 bridgehead atoms. The lowest BCUT2D eigenvalue weighted by Gasteiger charge is -2.30. The zero-order valence-electron chi connectivity index (χ0n) is 50.3. The van der Waals surface area contributed by atoms with E-state index < -0.39 is 20.0 Å². The third-order valence-electron chi connectivity index (χ3n) is 15.0. The Kier molecular flexibility index (Phi) is 54.1. The minimum absolute atomic E-state index is 0.0168. The number of unbranched alkanes of at least 4 members (excludes halogenated alkanes) is 44. The quantitative estimate of drug-likeness (QED) is 0.0212. The first-order valence-corrected chi connectivity index (χ1v) is 34.0.